The van der Waals surface area contributed by atoms with Crippen molar-refractivity contribution in [2.24, 2.45) is 17.8 Å². The molecule has 0 aromatic rings. The molecule has 0 saturated carbocycles. The van der Waals surface area contributed by atoms with Crippen molar-refractivity contribution in [2.75, 3.05) is 6.61 Å². The number of aliphatic hydroxyl groups excluding tert-OH is 3. The number of hydrogen-bond donors (Lipinski definition) is 3. The summed E-state index contributed by atoms with van der Waals surface area (Å²) in [5.74, 6) is -2.08. The molecule has 11 nitrogen and oxygen atoms in total. The van der Waals surface area contributed by atoms with E-state index in [1.807, 2.05) is 13.0 Å². The van der Waals surface area contributed by atoms with Crippen LogP contribution in [-0.4, -0.2) is 106 Å². The van der Waals surface area contributed by atoms with E-state index in [0.717, 1.165) is 50.7 Å². The highest BCUT2D eigenvalue weighted by Crippen LogP contribution is 2.47. The number of ether oxygens (including phenoxy) is 7. The van der Waals surface area contributed by atoms with Crippen LogP contribution in [0.25, 0.3) is 0 Å². The fraction of sp³-hybridized carbons (Fsp3) is 0.837. The number of carbonyl (C=O) groups excluding carboxylic acids is 1. The van der Waals surface area contributed by atoms with Gasteiger partial charge in [-0.05, 0) is 95.1 Å². The number of ketones is 1. The molecule has 54 heavy (non-hydrogen) atoms. The fourth-order valence-corrected chi connectivity index (χ4v) is 10.3. The standard InChI is InChI=1S/C43H66O11/c1-25-21-35(52-43(24-25)36(46)12-11-32(51-43)23-29(5)44)26(2)9-10-31-14-18-42(50-31)19-15-34-40(54-42)37(47)30(6)39(49-34)33(45)22-28(4)38-27(3)13-17-41(53-38)16-7-8-20-48-41/h9-10,24,26-28,31-40,45-47H,6-8,11-23H2,1-5H3/b10-9+/t26-,27+,28-,31-,32-,33+,34-,35-,36-,37-,38+,39-,40+,41+,42+,43-/m0/s1. The van der Waals surface area contributed by atoms with Crippen molar-refractivity contribution in [3.8, 4) is 0 Å². The molecule has 3 N–H and O–H groups in total. The van der Waals surface area contributed by atoms with Gasteiger partial charge in [0.05, 0.1) is 43.2 Å². The maximum Gasteiger partial charge on any atom is 0.215 e. The number of Topliss-reactive ketones (excluding diaryl/α,β-unsaturated/α-hetero) is 1. The van der Waals surface area contributed by atoms with Crippen LogP contribution in [0.3, 0.4) is 0 Å². The Bertz CT molecular complexity index is 1410. The predicted octanol–water partition coefficient (Wildman–Crippen LogP) is 5.97. The van der Waals surface area contributed by atoms with E-state index in [1.54, 1.807) is 6.92 Å². The van der Waals surface area contributed by atoms with E-state index in [-0.39, 0.29) is 48.1 Å². The van der Waals surface area contributed by atoms with Gasteiger partial charge < -0.3 is 48.5 Å². The van der Waals surface area contributed by atoms with Crippen LogP contribution in [-0.2, 0) is 38.0 Å². The molecule has 0 amide bonds. The van der Waals surface area contributed by atoms with Crippen LogP contribution in [0.1, 0.15) is 125 Å². The van der Waals surface area contributed by atoms with Crippen LogP contribution in [0.5, 0.6) is 0 Å². The second kappa shape index (κ2) is 16.4. The number of hydrogen-bond acceptors (Lipinski definition) is 11. The van der Waals surface area contributed by atoms with Crippen LogP contribution in [0.4, 0.5) is 0 Å². The van der Waals surface area contributed by atoms with E-state index in [1.165, 1.54) is 0 Å². The second-order valence-electron chi connectivity index (χ2n) is 18.0. The summed E-state index contributed by atoms with van der Waals surface area (Å²) in [5, 5.41) is 34.1. The Kier molecular flexibility index (Phi) is 12.3. The van der Waals surface area contributed by atoms with E-state index in [4.69, 9.17) is 33.2 Å². The molecule has 0 aromatic heterocycles. The SMILES string of the molecule is C=C1[C@H](O)[C@@H]2O[C@@]3(CC[C@@H]2O[C@@H]1[C@H](O)C[C@H](C)[C@@H]1O[C@]2(CCCCO2)CC[C@H]1C)CC[C@H](/C=C/[C@H](C)[C@@H]1CC(C)=C[C@]2(O[C@H](CC(C)=O)CC[C@@H]2O)O1)O3. The third kappa shape index (κ3) is 8.52. The molecule has 0 aliphatic carbocycles. The van der Waals surface area contributed by atoms with Crippen LogP contribution in [0, 0.1) is 17.8 Å². The molecular formula is C43H66O11. The topological polar surface area (TPSA) is 142 Å². The Morgan fingerprint density at radius 1 is 0.981 bits per heavy atom. The highest BCUT2D eigenvalue weighted by molar-refractivity contribution is 5.76. The van der Waals surface area contributed by atoms with Gasteiger partial charge in [0.25, 0.3) is 0 Å². The van der Waals surface area contributed by atoms with Gasteiger partial charge in [-0.2, -0.15) is 0 Å². The highest BCUT2D eigenvalue weighted by Gasteiger charge is 2.54. The van der Waals surface area contributed by atoms with Gasteiger partial charge in [-0.25, -0.2) is 0 Å². The van der Waals surface area contributed by atoms with Gasteiger partial charge in [-0.1, -0.05) is 45.1 Å². The van der Waals surface area contributed by atoms with Gasteiger partial charge in [0.1, 0.15) is 30.2 Å². The van der Waals surface area contributed by atoms with Crippen molar-refractivity contribution >= 4 is 5.78 Å². The smallest absolute Gasteiger partial charge is 0.215 e. The van der Waals surface area contributed by atoms with Crippen LogP contribution < -0.4 is 0 Å². The number of carbonyl (C=O) groups is 1. The van der Waals surface area contributed by atoms with Crippen LogP contribution >= 0.6 is 0 Å². The van der Waals surface area contributed by atoms with E-state index < -0.39 is 47.9 Å². The Morgan fingerprint density at radius 3 is 2.52 bits per heavy atom. The van der Waals surface area contributed by atoms with Gasteiger partial charge in [0.2, 0.25) is 5.79 Å². The van der Waals surface area contributed by atoms with E-state index in [2.05, 4.69) is 39.5 Å². The molecule has 0 bridgehead atoms. The molecule has 6 fully saturated rings. The van der Waals surface area contributed by atoms with E-state index in [0.29, 0.717) is 62.9 Å². The maximum absolute atomic E-state index is 11.8. The van der Waals surface area contributed by atoms with E-state index >= 15 is 0 Å². The summed E-state index contributed by atoms with van der Waals surface area (Å²) >= 11 is 0. The minimum Gasteiger partial charge on any atom is -0.390 e. The summed E-state index contributed by atoms with van der Waals surface area (Å²) in [6, 6.07) is 0. The summed E-state index contributed by atoms with van der Waals surface area (Å²) in [6.07, 6.45) is 11.5. The molecule has 7 aliphatic rings. The van der Waals surface area contributed by atoms with Gasteiger partial charge in [-0.3, -0.25) is 4.79 Å². The summed E-state index contributed by atoms with van der Waals surface area (Å²) in [4.78, 5) is 11.8. The first-order valence-corrected chi connectivity index (χ1v) is 21.0. The molecule has 16 atom stereocenters. The average molecular weight is 759 g/mol. The Labute approximate surface area is 321 Å². The summed E-state index contributed by atoms with van der Waals surface area (Å²) < 4.78 is 45.3. The number of aliphatic hydroxyl groups is 3. The van der Waals surface area contributed by atoms with E-state index in [9.17, 15) is 20.1 Å². The minimum absolute atomic E-state index is 0.00359. The zero-order valence-electron chi connectivity index (χ0n) is 33.2. The van der Waals surface area contributed by atoms with Crippen molar-refractivity contribution in [1.29, 1.82) is 0 Å². The molecule has 304 valence electrons. The van der Waals surface area contributed by atoms with Crippen molar-refractivity contribution in [1.82, 2.24) is 0 Å². The normalized spacial score (nSPS) is 46.1. The zero-order valence-corrected chi connectivity index (χ0v) is 33.2. The van der Waals surface area contributed by atoms with Crippen molar-refractivity contribution in [3.05, 3.63) is 36.0 Å². The third-order valence-electron chi connectivity index (χ3n) is 13.4. The third-order valence-corrected chi connectivity index (χ3v) is 13.4. The summed E-state index contributed by atoms with van der Waals surface area (Å²) in [7, 11) is 0. The van der Waals surface area contributed by atoms with Crippen molar-refractivity contribution in [3.63, 3.8) is 0 Å². The molecule has 3 spiro atoms. The second-order valence-corrected chi connectivity index (χ2v) is 18.0. The molecule has 0 aromatic carbocycles. The van der Waals surface area contributed by atoms with Crippen molar-refractivity contribution < 1.29 is 53.3 Å². The first kappa shape index (κ1) is 40.7. The quantitative estimate of drug-likeness (QED) is 0.240. The Balaban J connectivity index is 0.921. The summed E-state index contributed by atoms with van der Waals surface area (Å²) in [6.45, 7) is 15.0. The van der Waals surface area contributed by atoms with Crippen LogP contribution in [0.2, 0.25) is 0 Å². The van der Waals surface area contributed by atoms with Crippen molar-refractivity contribution in [2.45, 2.75) is 203 Å². The lowest BCUT2D eigenvalue weighted by molar-refractivity contribution is -0.320. The molecule has 0 radical (unpaired) electrons. The average Bonchev–Trinajstić information content (AvgIpc) is 3.53. The maximum atomic E-state index is 11.8. The zero-order chi connectivity index (χ0) is 38.4. The van der Waals surface area contributed by atoms with Gasteiger partial charge in [0.15, 0.2) is 11.6 Å². The first-order chi connectivity index (χ1) is 25.7. The molecule has 11 heteroatoms. The van der Waals surface area contributed by atoms with Gasteiger partial charge in [0, 0.05) is 38.0 Å². The predicted molar refractivity (Wildman–Crippen MR) is 200 cm³/mol. The molecule has 7 aliphatic heterocycles. The number of fused-ring (bicyclic) bond motifs is 1. The molecule has 0 unspecified atom stereocenters. The molecule has 7 rings (SSSR count). The first-order valence-electron chi connectivity index (χ1n) is 21.0. The lowest BCUT2D eigenvalue weighted by Gasteiger charge is -2.50. The Morgan fingerprint density at radius 2 is 1.76 bits per heavy atom. The highest BCUT2D eigenvalue weighted by atomic mass is 16.7. The fourth-order valence-electron chi connectivity index (χ4n) is 10.3. The lowest BCUT2D eigenvalue weighted by atomic mass is 9.79. The lowest BCUT2D eigenvalue weighted by Crippen LogP contribution is -2.60. The summed E-state index contributed by atoms with van der Waals surface area (Å²) in [5.41, 5.74) is 1.53. The molecule has 6 saturated heterocycles. The largest absolute Gasteiger partial charge is 0.390 e. The van der Waals surface area contributed by atoms with Gasteiger partial charge >= 0.3 is 0 Å². The minimum atomic E-state index is -1.25. The molecular weight excluding hydrogens is 692 g/mol. The Hall–Kier alpha value is -1.51. The van der Waals surface area contributed by atoms with Crippen LogP contribution in [0.15, 0.2) is 36.0 Å². The number of rotatable bonds is 9. The molecule has 7 heterocycles. The van der Waals surface area contributed by atoms with Gasteiger partial charge in [-0.15, -0.1) is 0 Å². The monoisotopic (exact) mass is 758 g/mol.